The Morgan fingerprint density at radius 2 is 1.16 bits per heavy atom. The van der Waals surface area contributed by atoms with Crippen LogP contribution in [0, 0.1) is 0 Å². The largest absolute Gasteiger partial charge is 0.481 e. The molecule has 2 N–H and O–H groups in total. The van der Waals surface area contributed by atoms with Crippen molar-refractivity contribution in [1.82, 2.24) is 9.97 Å². The van der Waals surface area contributed by atoms with Crippen LogP contribution in [0.3, 0.4) is 0 Å². The number of aliphatic carboxylic acids is 2. The van der Waals surface area contributed by atoms with E-state index in [2.05, 4.69) is 0 Å². The SMILES string of the molecule is O=C(O)Cc1ccsc1-c1nc2cc3ccccc3cc2nc1-c1sccc1CC(=O)O. The molecule has 3 aromatic heterocycles. The number of hydrogen-bond donors (Lipinski definition) is 2. The zero-order chi connectivity index (χ0) is 22.2. The van der Waals surface area contributed by atoms with Crippen LogP contribution in [0.4, 0.5) is 0 Å². The third-order valence-electron chi connectivity index (χ3n) is 5.14. The molecule has 0 aliphatic rings. The molecule has 6 nitrogen and oxygen atoms in total. The smallest absolute Gasteiger partial charge is 0.307 e. The van der Waals surface area contributed by atoms with Gasteiger partial charge in [-0.15, -0.1) is 22.7 Å². The minimum atomic E-state index is -0.923. The van der Waals surface area contributed by atoms with E-state index in [9.17, 15) is 19.8 Å². The lowest BCUT2D eigenvalue weighted by Gasteiger charge is -2.11. The monoisotopic (exact) mass is 460 g/mol. The second-order valence-corrected chi connectivity index (χ2v) is 9.13. The molecule has 5 aromatic rings. The fourth-order valence-corrected chi connectivity index (χ4v) is 5.58. The van der Waals surface area contributed by atoms with Crippen molar-refractivity contribution in [2.75, 3.05) is 0 Å². The molecule has 0 saturated heterocycles. The van der Waals surface area contributed by atoms with Gasteiger partial charge < -0.3 is 10.2 Å². The number of benzene rings is 2. The van der Waals surface area contributed by atoms with Gasteiger partial charge in [-0.1, -0.05) is 24.3 Å². The van der Waals surface area contributed by atoms with Crippen LogP contribution in [0.2, 0.25) is 0 Å². The number of thiophene rings is 2. The minimum absolute atomic E-state index is 0.123. The average Bonchev–Trinajstić information content (AvgIpc) is 3.40. The third kappa shape index (κ3) is 3.74. The quantitative estimate of drug-likeness (QED) is 0.325. The minimum Gasteiger partial charge on any atom is -0.481 e. The molecule has 32 heavy (non-hydrogen) atoms. The molecule has 0 atom stereocenters. The highest BCUT2D eigenvalue weighted by atomic mass is 32.1. The molecule has 2 aromatic carbocycles. The third-order valence-corrected chi connectivity index (χ3v) is 7.07. The lowest BCUT2D eigenvalue weighted by Crippen LogP contribution is -2.03. The van der Waals surface area contributed by atoms with Crippen molar-refractivity contribution in [1.29, 1.82) is 0 Å². The van der Waals surface area contributed by atoms with Gasteiger partial charge in [0, 0.05) is 0 Å². The second kappa shape index (κ2) is 8.14. The van der Waals surface area contributed by atoms with E-state index in [1.165, 1.54) is 22.7 Å². The van der Waals surface area contributed by atoms with Crippen molar-refractivity contribution in [3.63, 3.8) is 0 Å². The maximum atomic E-state index is 11.4. The Balaban J connectivity index is 1.80. The summed E-state index contributed by atoms with van der Waals surface area (Å²) in [5.41, 5.74) is 3.88. The molecule has 0 amide bonds. The second-order valence-electron chi connectivity index (χ2n) is 7.30. The van der Waals surface area contributed by atoms with Crippen molar-refractivity contribution in [2.24, 2.45) is 0 Å². The fraction of sp³-hybridized carbons (Fsp3) is 0.0833. The normalized spacial score (nSPS) is 11.2. The first kappa shape index (κ1) is 20.3. The molecule has 0 aliphatic heterocycles. The van der Waals surface area contributed by atoms with Crippen LogP contribution >= 0.6 is 22.7 Å². The van der Waals surface area contributed by atoms with E-state index in [1.807, 2.05) is 47.2 Å². The molecule has 0 radical (unpaired) electrons. The number of carboxylic acid groups (broad SMARTS) is 2. The van der Waals surface area contributed by atoms with Gasteiger partial charge in [-0.3, -0.25) is 9.59 Å². The summed E-state index contributed by atoms with van der Waals surface area (Å²) in [6.45, 7) is 0. The van der Waals surface area contributed by atoms with Gasteiger partial charge in [0.15, 0.2) is 0 Å². The Bertz CT molecular complexity index is 1390. The molecule has 0 saturated carbocycles. The lowest BCUT2D eigenvalue weighted by atomic mass is 10.0. The summed E-state index contributed by atoms with van der Waals surface area (Å²) in [4.78, 5) is 34.1. The molecule has 0 unspecified atom stereocenters. The van der Waals surface area contributed by atoms with Gasteiger partial charge in [0.25, 0.3) is 0 Å². The van der Waals surface area contributed by atoms with E-state index in [-0.39, 0.29) is 12.8 Å². The highest BCUT2D eigenvalue weighted by Crippen LogP contribution is 2.40. The summed E-state index contributed by atoms with van der Waals surface area (Å²) in [6.07, 6.45) is -0.246. The Morgan fingerprint density at radius 1 is 0.719 bits per heavy atom. The molecule has 158 valence electrons. The molecule has 3 heterocycles. The topological polar surface area (TPSA) is 100 Å². The first-order chi connectivity index (χ1) is 15.5. The van der Waals surface area contributed by atoms with E-state index in [0.717, 1.165) is 20.5 Å². The summed E-state index contributed by atoms with van der Waals surface area (Å²) in [5.74, 6) is -1.85. The molecule has 5 rings (SSSR count). The molecule has 8 heteroatoms. The van der Waals surface area contributed by atoms with Crippen LogP contribution in [-0.4, -0.2) is 32.1 Å². The van der Waals surface area contributed by atoms with E-state index < -0.39 is 11.9 Å². The van der Waals surface area contributed by atoms with Gasteiger partial charge >= 0.3 is 11.9 Å². The molecule has 0 bridgehead atoms. The number of fused-ring (bicyclic) bond motifs is 2. The number of nitrogens with zero attached hydrogens (tertiary/aromatic N) is 2. The summed E-state index contributed by atoms with van der Waals surface area (Å²) in [7, 11) is 0. The summed E-state index contributed by atoms with van der Waals surface area (Å²) >= 11 is 2.82. The van der Waals surface area contributed by atoms with Crippen molar-refractivity contribution >= 4 is 56.4 Å². The fourth-order valence-electron chi connectivity index (χ4n) is 3.75. The van der Waals surface area contributed by atoms with Crippen LogP contribution in [0.15, 0.2) is 59.3 Å². The van der Waals surface area contributed by atoms with Crippen molar-refractivity contribution in [3.05, 3.63) is 70.4 Å². The Morgan fingerprint density at radius 3 is 1.56 bits per heavy atom. The predicted molar refractivity (Wildman–Crippen MR) is 126 cm³/mol. The lowest BCUT2D eigenvalue weighted by molar-refractivity contribution is -0.137. The van der Waals surface area contributed by atoms with Gasteiger partial charge in [-0.25, -0.2) is 9.97 Å². The van der Waals surface area contributed by atoms with E-state index in [0.29, 0.717) is 33.5 Å². The maximum absolute atomic E-state index is 11.4. The zero-order valence-corrected chi connectivity index (χ0v) is 18.2. The number of rotatable bonds is 6. The number of carboxylic acids is 2. The Hall–Kier alpha value is -3.62. The Labute approximate surface area is 190 Å². The number of hydrogen-bond acceptors (Lipinski definition) is 6. The molecule has 0 spiro atoms. The van der Waals surface area contributed by atoms with Gasteiger partial charge in [0.1, 0.15) is 11.4 Å². The van der Waals surface area contributed by atoms with Gasteiger partial charge in [-0.05, 0) is 56.9 Å². The zero-order valence-electron chi connectivity index (χ0n) is 16.6. The average molecular weight is 461 g/mol. The van der Waals surface area contributed by atoms with Crippen LogP contribution in [0.25, 0.3) is 42.9 Å². The van der Waals surface area contributed by atoms with E-state index in [1.54, 1.807) is 12.1 Å². The number of aromatic nitrogens is 2. The standard InChI is InChI=1S/C24H16N2O4S2/c27-19(28)11-15-5-7-31-23(15)21-22(24-16(6-8-32-24)12-20(29)30)26-18-10-14-4-2-1-3-13(14)9-17(18)25-21/h1-10H,11-12H2,(H,27,28)(H,29,30). The summed E-state index contributed by atoms with van der Waals surface area (Å²) < 4.78 is 0. The molecule has 0 aliphatic carbocycles. The van der Waals surface area contributed by atoms with Gasteiger partial charge in [-0.2, -0.15) is 0 Å². The molecule has 0 fully saturated rings. The van der Waals surface area contributed by atoms with E-state index >= 15 is 0 Å². The van der Waals surface area contributed by atoms with Gasteiger partial charge in [0.05, 0.1) is 33.6 Å². The molecular formula is C24H16N2O4S2. The van der Waals surface area contributed by atoms with E-state index in [4.69, 9.17) is 9.97 Å². The summed E-state index contributed by atoms with van der Waals surface area (Å²) in [6, 6.07) is 15.5. The van der Waals surface area contributed by atoms with Gasteiger partial charge in [0.2, 0.25) is 0 Å². The first-order valence-electron chi connectivity index (χ1n) is 9.77. The number of carbonyl (C=O) groups is 2. The van der Waals surface area contributed by atoms with Crippen LogP contribution < -0.4 is 0 Å². The van der Waals surface area contributed by atoms with Crippen molar-refractivity contribution in [3.8, 4) is 21.1 Å². The van der Waals surface area contributed by atoms with Crippen molar-refractivity contribution < 1.29 is 19.8 Å². The van der Waals surface area contributed by atoms with Crippen molar-refractivity contribution in [2.45, 2.75) is 12.8 Å². The Kier molecular flexibility index (Phi) is 5.16. The van der Waals surface area contributed by atoms with Crippen LogP contribution in [-0.2, 0) is 22.4 Å². The maximum Gasteiger partial charge on any atom is 0.307 e. The highest BCUT2D eigenvalue weighted by Gasteiger charge is 2.22. The summed E-state index contributed by atoms with van der Waals surface area (Å²) in [5, 5.41) is 24.5. The first-order valence-corrected chi connectivity index (χ1v) is 11.5. The predicted octanol–water partition coefficient (Wildman–Crippen LogP) is 5.49. The molecular weight excluding hydrogens is 444 g/mol. The van der Waals surface area contributed by atoms with Crippen LogP contribution in [0.5, 0.6) is 0 Å². The highest BCUT2D eigenvalue weighted by molar-refractivity contribution is 7.14. The van der Waals surface area contributed by atoms with Crippen LogP contribution in [0.1, 0.15) is 11.1 Å².